The highest BCUT2D eigenvalue weighted by molar-refractivity contribution is 5.43. The van der Waals surface area contributed by atoms with Gasteiger partial charge in [-0.25, -0.2) is 0 Å². The Kier molecular flexibility index (Phi) is 6.22. The average Bonchev–Trinajstić information content (AvgIpc) is 3.09. The second-order valence-electron chi connectivity index (χ2n) is 5.92. The van der Waals surface area contributed by atoms with Crippen molar-refractivity contribution in [2.45, 2.75) is 26.5 Å². The molecule has 0 saturated carbocycles. The van der Waals surface area contributed by atoms with Crippen molar-refractivity contribution in [2.75, 3.05) is 13.7 Å². The predicted octanol–water partition coefficient (Wildman–Crippen LogP) is 3.30. The molecule has 1 heterocycles. The highest BCUT2D eigenvalue weighted by Gasteiger charge is 2.07. The molecule has 0 fully saturated rings. The second-order valence-corrected chi connectivity index (χ2v) is 5.92. The van der Waals surface area contributed by atoms with E-state index in [1.807, 2.05) is 55.5 Å². The summed E-state index contributed by atoms with van der Waals surface area (Å²) in [6, 6.07) is 16.0. The largest absolute Gasteiger partial charge is 0.493 e. The Morgan fingerprint density at radius 3 is 2.62 bits per heavy atom. The van der Waals surface area contributed by atoms with Crippen LogP contribution in [0.15, 0.2) is 53.1 Å². The molecule has 0 atom stereocenters. The van der Waals surface area contributed by atoms with Crippen molar-refractivity contribution >= 4 is 0 Å². The summed E-state index contributed by atoms with van der Waals surface area (Å²) in [6.45, 7) is 3.80. The molecule has 136 valence electrons. The fourth-order valence-corrected chi connectivity index (χ4v) is 2.55. The molecular formula is C20H23N3O3. The Hall–Kier alpha value is -2.86. The lowest BCUT2D eigenvalue weighted by Crippen LogP contribution is -2.17. The standard InChI is InChI=1S/C20H23N3O3/c1-15-22-20(26-23-15)10-11-21-13-17-8-9-18(24-2)19(12-17)25-14-16-6-4-3-5-7-16/h3-9,12,21H,10-11,13-14H2,1-2H3. The first-order valence-corrected chi connectivity index (χ1v) is 8.58. The van der Waals surface area contributed by atoms with Gasteiger partial charge in [-0.3, -0.25) is 0 Å². The Morgan fingerprint density at radius 1 is 1.04 bits per heavy atom. The number of nitrogens with zero attached hydrogens (tertiary/aromatic N) is 2. The SMILES string of the molecule is COc1ccc(CNCCc2nc(C)no2)cc1OCc1ccccc1. The van der Waals surface area contributed by atoms with Crippen LogP contribution >= 0.6 is 0 Å². The van der Waals surface area contributed by atoms with Crippen LogP contribution in [0.3, 0.4) is 0 Å². The summed E-state index contributed by atoms with van der Waals surface area (Å²) in [7, 11) is 1.65. The zero-order valence-electron chi connectivity index (χ0n) is 15.1. The minimum absolute atomic E-state index is 0.505. The maximum absolute atomic E-state index is 5.95. The normalized spacial score (nSPS) is 10.7. The summed E-state index contributed by atoms with van der Waals surface area (Å²) in [5.74, 6) is 2.78. The van der Waals surface area contributed by atoms with E-state index in [9.17, 15) is 0 Å². The number of methoxy groups -OCH3 is 1. The van der Waals surface area contributed by atoms with Gasteiger partial charge >= 0.3 is 0 Å². The highest BCUT2D eigenvalue weighted by atomic mass is 16.5. The van der Waals surface area contributed by atoms with Crippen molar-refractivity contribution < 1.29 is 14.0 Å². The summed E-state index contributed by atoms with van der Waals surface area (Å²) in [6.07, 6.45) is 0.703. The molecule has 3 rings (SSSR count). The Bertz CT molecular complexity index is 818. The molecule has 0 saturated heterocycles. The lowest BCUT2D eigenvalue weighted by atomic mass is 10.2. The third kappa shape index (κ3) is 5.07. The first-order chi connectivity index (χ1) is 12.7. The molecule has 0 aliphatic rings. The molecule has 2 aromatic carbocycles. The summed E-state index contributed by atoms with van der Waals surface area (Å²) in [4.78, 5) is 4.19. The van der Waals surface area contributed by atoms with Crippen LogP contribution in [0.4, 0.5) is 0 Å². The van der Waals surface area contributed by atoms with E-state index >= 15 is 0 Å². The summed E-state index contributed by atoms with van der Waals surface area (Å²) in [5.41, 5.74) is 2.24. The molecule has 0 aliphatic carbocycles. The Labute approximate surface area is 153 Å². The van der Waals surface area contributed by atoms with Gasteiger partial charge in [0.15, 0.2) is 17.3 Å². The van der Waals surface area contributed by atoms with E-state index in [-0.39, 0.29) is 0 Å². The van der Waals surface area contributed by atoms with Crippen molar-refractivity contribution in [1.82, 2.24) is 15.5 Å². The minimum Gasteiger partial charge on any atom is -0.493 e. The summed E-state index contributed by atoms with van der Waals surface area (Å²) < 4.78 is 16.5. The van der Waals surface area contributed by atoms with E-state index in [4.69, 9.17) is 14.0 Å². The van der Waals surface area contributed by atoms with Crippen LogP contribution in [0.25, 0.3) is 0 Å². The molecule has 3 aromatic rings. The van der Waals surface area contributed by atoms with Crippen molar-refractivity contribution in [3.05, 3.63) is 71.4 Å². The highest BCUT2D eigenvalue weighted by Crippen LogP contribution is 2.28. The topological polar surface area (TPSA) is 69.4 Å². The molecule has 0 radical (unpaired) electrons. The fourth-order valence-electron chi connectivity index (χ4n) is 2.55. The summed E-state index contributed by atoms with van der Waals surface area (Å²) in [5, 5.41) is 7.16. The first-order valence-electron chi connectivity index (χ1n) is 8.58. The van der Waals surface area contributed by atoms with Crippen LogP contribution in [0.1, 0.15) is 22.8 Å². The van der Waals surface area contributed by atoms with Gasteiger partial charge in [-0.15, -0.1) is 0 Å². The molecule has 6 heteroatoms. The van der Waals surface area contributed by atoms with Gasteiger partial charge in [0, 0.05) is 19.5 Å². The fraction of sp³-hybridized carbons (Fsp3) is 0.300. The number of hydrogen-bond donors (Lipinski definition) is 1. The van der Waals surface area contributed by atoms with Crippen LogP contribution in [0.5, 0.6) is 11.5 Å². The number of ether oxygens (including phenoxy) is 2. The van der Waals surface area contributed by atoms with Gasteiger partial charge in [0.05, 0.1) is 7.11 Å². The van der Waals surface area contributed by atoms with Crippen molar-refractivity contribution in [2.24, 2.45) is 0 Å². The van der Waals surface area contributed by atoms with Gasteiger partial charge in [-0.2, -0.15) is 4.98 Å². The number of nitrogens with one attached hydrogen (secondary N) is 1. The Morgan fingerprint density at radius 2 is 1.88 bits per heavy atom. The molecular weight excluding hydrogens is 330 g/mol. The van der Waals surface area contributed by atoms with E-state index in [0.29, 0.717) is 24.7 Å². The zero-order valence-corrected chi connectivity index (χ0v) is 15.1. The molecule has 6 nitrogen and oxygen atoms in total. The van der Waals surface area contributed by atoms with Crippen LogP contribution in [-0.2, 0) is 19.6 Å². The maximum atomic E-state index is 5.95. The molecule has 26 heavy (non-hydrogen) atoms. The average molecular weight is 353 g/mol. The zero-order chi connectivity index (χ0) is 18.2. The van der Waals surface area contributed by atoms with Crippen LogP contribution in [0.2, 0.25) is 0 Å². The molecule has 1 N–H and O–H groups in total. The molecule has 0 bridgehead atoms. The van der Waals surface area contributed by atoms with Gasteiger partial charge < -0.3 is 19.3 Å². The monoisotopic (exact) mass is 353 g/mol. The second kappa shape index (κ2) is 9.01. The smallest absolute Gasteiger partial charge is 0.227 e. The minimum atomic E-state index is 0.505. The number of aromatic nitrogens is 2. The lowest BCUT2D eigenvalue weighted by molar-refractivity contribution is 0.284. The first kappa shape index (κ1) is 17.9. The maximum Gasteiger partial charge on any atom is 0.227 e. The van der Waals surface area contributed by atoms with E-state index in [1.54, 1.807) is 7.11 Å². The number of aryl methyl sites for hydroxylation is 1. The lowest BCUT2D eigenvalue weighted by Gasteiger charge is -2.13. The van der Waals surface area contributed by atoms with Gasteiger partial charge in [0.1, 0.15) is 6.61 Å². The quantitative estimate of drug-likeness (QED) is 0.595. The van der Waals surface area contributed by atoms with Crippen LogP contribution in [-0.4, -0.2) is 23.8 Å². The molecule has 0 amide bonds. The van der Waals surface area contributed by atoms with Crippen molar-refractivity contribution in [1.29, 1.82) is 0 Å². The summed E-state index contributed by atoms with van der Waals surface area (Å²) >= 11 is 0. The Balaban J connectivity index is 1.54. The molecule has 0 aliphatic heterocycles. The van der Waals surface area contributed by atoms with E-state index < -0.39 is 0 Å². The molecule has 0 unspecified atom stereocenters. The van der Waals surface area contributed by atoms with Gasteiger partial charge in [-0.05, 0) is 30.2 Å². The van der Waals surface area contributed by atoms with Crippen LogP contribution < -0.4 is 14.8 Å². The predicted molar refractivity (Wildman–Crippen MR) is 98.2 cm³/mol. The van der Waals surface area contributed by atoms with Crippen molar-refractivity contribution in [3.8, 4) is 11.5 Å². The van der Waals surface area contributed by atoms with E-state index in [0.717, 1.165) is 35.7 Å². The third-order valence-corrected chi connectivity index (χ3v) is 3.88. The number of rotatable bonds is 9. The van der Waals surface area contributed by atoms with E-state index in [2.05, 4.69) is 15.5 Å². The molecule has 1 aromatic heterocycles. The number of benzene rings is 2. The van der Waals surface area contributed by atoms with Gasteiger partial charge in [0.2, 0.25) is 5.89 Å². The number of hydrogen-bond acceptors (Lipinski definition) is 6. The van der Waals surface area contributed by atoms with E-state index in [1.165, 1.54) is 0 Å². The third-order valence-electron chi connectivity index (χ3n) is 3.88. The van der Waals surface area contributed by atoms with Gasteiger partial charge in [0.25, 0.3) is 0 Å². The van der Waals surface area contributed by atoms with Gasteiger partial charge in [-0.1, -0.05) is 41.6 Å². The molecule has 0 spiro atoms. The van der Waals surface area contributed by atoms with Crippen LogP contribution in [0, 0.1) is 6.92 Å². The van der Waals surface area contributed by atoms with Crippen molar-refractivity contribution in [3.63, 3.8) is 0 Å².